The molecule has 2 rings (SSSR count). The van der Waals surface area contributed by atoms with Crippen LogP contribution in [0.5, 0.6) is 0 Å². The Kier molecular flexibility index (Phi) is 4.04. The summed E-state index contributed by atoms with van der Waals surface area (Å²) in [7, 11) is 1.92. The number of nitrogens with two attached hydrogens (primary N) is 1. The second-order valence-corrected chi connectivity index (χ2v) is 5.15. The van der Waals surface area contributed by atoms with E-state index < -0.39 is 0 Å². The summed E-state index contributed by atoms with van der Waals surface area (Å²) in [5.41, 5.74) is 7.81. The average Bonchev–Trinajstić information content (AvgIpc) is 2.59. The normalized spacial score (nSPS) is 10.9. The minimum atomic E-state index is -0.220. The van der Waals surface area contributed by atoms with E-state index in [0.717, 1.165) is 22.0 Å². The molecular weight excluding hydrogens is 249 g/mol. The van der Waals surface area contributed by atoms with Crippen molar-refractivity contribution < 1.29 is 4.39 Å². The van der Waals surface area contributed by atoms with E-state index >= 15 is 0 Å². The largest absolute Gasteiger partial charge is 0.330 e. The third-order valence-corrected chi connectivity index (χ3v) is 3.92. The number of hydrogen-bond acceptors (Lipinski definition) is 3. The van der Waals surface area contributed by atoms with E-state index in [0.29, 0.717) is 6.54 Å². The number of hydrogen-bond donors (Lipinski definition) is 1. The monoisotopic (exact) mass is 265 g/mol. The molecular formula is C13H16FN3S. The Morgan fingerprint density at radius 3 is 2.61 bits per heavy atom. The van der Waals surface area contributed by atoms with E-state index in [9.17, 15) is 4.39 Å². The second-order valence-electron chi connectivity index (χ2n) is 4.09. The van der Waals surface area contributed by atoms with Crippen molar-refractivity contribution >= 4 is 11.8 Å². The Labute approximate surface area is 110 Å². The van der Waals surface area contributed by atoms with Crippen molar-refractivity contribution in [2.45, 2.75) is 23.3 Å². The van der Waals surface area contributed by atoms with Gasteiger partial charge in [-0.3, -0.25) is 4.68 Å². The zero-order valence-corrected chi connectivity index (χ0v) is 11.3. The first kappa shape index (κ1) is 13.1. The molecule has 18 heavy (non-hydrogen) atoms. The Morgan fingerprint density at radius 2 is 2.00 bits per heavy atom. The highest BCUT2D eigenvalue weighted by Gasteiger charge is 2.13. The molecule has 2 aromatic rings. The molecule has 0 radical (unpaired) electrons. The van der Waals surface area contributed by atoms with Crippen molar-refractivity contribution in [2.75, 3.05) is 6.54 Å². The van der Waals surface area contributed by atoms with Gasteiger partial charge in [-0.2, -0.15) is 5.10 Å². The molecule has 96 valence electrons. The zero-order valence-electron chi connectivity index (χ0n) is 10.5. The van der Waals surface area contributed by atoms with E-state index in [-0.39, 0.29) is 5.82 Å². The van der Waals surface area contributed by atoms with E-state index in [1.54, 1.807) is 23.9 Å². The van der Waals surface area contributed by atoms with Crippen molar-refractivity contribution in [3.05, 3.63) is 41.3 Å². The van der Waals surface area contributed by atoms with E-state index in [4.69, 9.17) is 5.73 Å². The van der Waals surface area contributed by atoms with Crippen LogP contribution >= 0.6 is 11.8 Å². The number of halogens is 1. The molecule has 0 aliphatic heterocycles. The number of aromatic nitrogens is 2. The maximum atomic E-state index is 12.9. The van der Waals surface area contributed by atoms with E-state index in [2.05, 4.69) is 5.10 Å². The Bertz CT molecular complexity index is 534. The molecule has 0 saturated heterocycles. The van der Waals surface area contributed by atoms with Crippen molar-refractivity contribution in [3.8, 4) is 0 Å². The zero-order chi connectivity index (χ0) is 13.1. The molecule has 0 spiro atoms. The summed E-state index contributed by atoms with van der Waals surface area (Å²) in [5, 5.41) is 5.48. The minimum absolute atomic E-state index is 0.220. The molecule has 0 fully saturated rings. The van der Waals surface area contributed by atoms with E-state index in [1.807, 2.05) is 18.7 Å². The van der Waals surface area contributed by atoms with Crippen LogP contribution in [0.4, 0.5) is 4.39 Å². The summed E-state index contributed by atoms with van der Waals surface area (Å²) in [6.45, 7) is 2.59. The first-order chi connectivity index (χ1) is 8.61. The molecule has 1 aromatic carbocycles. The van der Waals surface area contributed by atoms with Gasteiger partial charge in [-0.15, -0.1) is 0 Å². The molecule has 3 nitrogen and oxygen atoms in total. The van der Waals surface area contributed by atoms with Gasteiger partial charge in [-0.25, -0.2) is 4.39 Å². The highest BCUT2D eigenvalue weighted by molar-refractivity contribution is 7.99. The maximum Gasteiger partial charge on any atom is 0.123 e. The summed E-state index contributed by atoms with van der Waals surface area (Å²) in [6, 6.07) is 6.48. The summed E-state index contributed by atoms with van der Waals surface area (Å²) >= 11 is 1.59. The fourth-order valence-electron chi connectivity index (χ4n) is 1.85. The molecule has 2 N–H and O–H groups in total. The third kappa shape index (κ3) is 2.73. The predicted molar refractivity (Wildman–Crippen MR) is 71.2 cm³/mol. The van der Waals surface area contributed by atoms with Gasteiger partial charge in [-0.05, 0) is 44.2 Å². The molecule has 0 aliphatic carbocycles. The Balaban J connectivity index is 2.30. The fraction of sp³-hybridized carbons (Fsp3) is 0.308. The highest BCUT2D eigenvalue weighted by Crippen LogP contribution is 2.31. The van der Waals surface area contributed by atoms with E-state index in [1.165, 1.54) is 17.7 Å². The maximum absolute atomic E-state index is 12.9. The molecule has 0 unspecified atom stereocenters. The number of rotatable bonds is 4. The van der Waals surface area contributed by atoms with Crippen molar-refractivity contribution in [2.24, 2.45) is 12.8 Å². The summed E-state index contributed by atoms with van der Waals surface area (Å²) in [5.74, 6) is -0.220. The smallest absolute Gasteiger partial charge is 0.123 e. The first-order valence-electron chi connectivity index (χ1n) is 5.77. The predicted octanol–water partition coefficient (Wildman–Crippen LogP) is 2.52. The fourth-order valence-corrected chi connectivity index (χ4v) is 2.90. The lowest BCUT2D eigenvalue weighted by molar-refractivity contribution is 0.626. The SMILES string of the molecule is Cc1nn(C)c(Sc2ccc(F)cc2)c1CCN. The van der Waals surface area contributed by atoms with Gasteiger partial charge in [0.25, 0.3) is 0 Å². The van der Waals surface area contributed by atoms with Crippen LogP contribution in [0.3, 0.4) is 0 Å². The highest BCUT2D eigenvalue weighted by atomic mass is 32.2. The molecule has 0 aliphatic rings. The van der Waals surface area contributed by atoms with Gasteiger partial charge in [-0.1, -0.05) is 11.8 Å². The van der Waals surface area contributed by atoms with Crippen molar-refractivity contribution in [1.82, 2.24) is 9.78 Å². The number of nitrogens with zero attached hydrogens (tertiary/aromatic N) is 2. The standard InChI is InChI=1S/C13H16FN3S/c1-9-12(7-8-15)13(17(2)16-9)18-11-5-3-10(14)4-6-11/h3-6H,7-8,15H2,1-2H3. The van der Waals surface area contributed by atoms with Crippen LogP contribution in [0.15, 0.2) is 34.2 Å². The third-order valence-electron chi connectivity index (χ3n) is 2.71. The van der Waals surface area contributed by atoms with Gasteiger partial charge >= 0.3 is 0 Å². The van der Waals surface area contributed by atoms with Crippen LogP contribution in [-0.2, 0) is 13.5 Å². The quantitative estimate of drug-likeness (QED) is 0.923. The van der Waals surface area contributed by atoms with Crippen LogP contribution in [0.1, 0.15) is 11.3 Å². The Morgan fingerprint density at radius 1 is 1.33 bits per heavy atom. The molecule has 0 saturated carbocycles. The van der Waals surface area contributed by atoms with Gasteiger partial charge in [0, 0.05) is 17.5 Å². The lowest BCUT2D eigenvalue weighted by Gasteiger charge is -2.05. The molecule has 1 aromatic heterocycles. The molecule has 5 heteroatoms. The minimum Gasteiger partial charge on any atom is -0.330 e. The van der Waals surface area contributed by atoms with Crippen molar-refractivity contribution in [3.63, 3.8) is 0 Å². The number of benzene rings is 1. The topological polar surface area (TPSA) is 43.8 Å². The van der Waals surface area contributed by atoms with Crippen LogP contribution in [0.2, 0.25) is 0 Å². The van der Waals surface area contributed by atoms with Gasteiger partial charge in [0.1, 0.15) is 10.8 Å². The van der Waals surface area contributed by atoms with Crippen molar-refractivity contribution in [1.29, 1.82) is 0 Å². The Hall–Kier alpha value is -1.33. The first-order valence-corrected chi connectivity index (χ1v) is 6.59. The number of aryl methyl sites for hydroxylation is 2. The van der Waals surface area contributed by atoms with Gasteiger partial charge in [0.05, 0.1) is 5.69 Å². The van der Waals surface area contributed by atoms with Crippen LogP contribution in [0, 0.1) is 12.7 Å². The van der Waals surface area contributed by atoms with Crippen LogP contribution in [-0.4, -0.2) is 16.3 Å². The molecule has 1 heterocycles. The summed E-state index contributed by atoms with van der Waals surface area (Å²) in [4.78, 5) is 0.998. The second kappa shape index (κ2) is 5.54. The average molecular weight is 265 g/mol. The van der Waals surface area contributed by atoms with Gasteiger partial charge in [0.2, 0.25) is 0 Å². The molecule has 0 amide bonds. The van der Waals surface area contributed by atoms with Gasteiger partial charge in [0.15, 0.2) is 0 Å². The summed E-state index contributed by atoms with van der Waals surface area (Å²) < 4.78 is 14.7. The lowest BCUT2D eigenvalue weighted by Crippen LogP contribution is -2.04. The van der Waals surface area contributed by atoms with Gasteiger partial charge < -0.3 is 5.73 Å². The molecule has 0 atom stereocenters. The van der Waals surface area contributed by atoms with Crippen LogP contribution < -0.4 is 5.73 Å². The lowest BCUT2D eigenvalue weighted by atomic mass is 10.2. The summed E-state index contributed by atoms with van der Waals surface area (Å²) in [6.07, 6.45) is 0.809. The van der Waals surface area contributed by atoms with Crippen LogP contribution in [0.25, 0.3) is 0 Å². The molecule has 0 bridgehead atoms.